The van der Waals surface area contributed by atoms with Gasteiger partial charge in [-0.3, -0.25) is 9.78 Å². The summed E-state index contributed by atoms with van der Waals surface area (Å²) in [7, 11) is 0. The van der Waals surface area contributed by atoms with Crippen molar-refractivity contribution in [2.75, 3.05) is 11.9 Å². The number of hydrogen-bond donors (Lipinski definition) is 2. The third kappa shape index (κ3) is 2.56. The zero-order chi connectivity index (χ0) is 13.9. The van der Waals surface area contributed by atoms with E-state index in [4.69, 9.17) is 0 Å². The fourth-order valence-corrected chi connectivity index (χ4v) is 2.59. The van der Waals surface area contributed by atoms with Crippen molar-refractivity contribution in [2.45, 2.75) is 19.4 Å². The minimum atomic E-state index is -0.146. The van der Waals surface area contributed by atoms with Crippen LogP contribution in [-0.2, 0) is 11.3 Å². The second-order valence-corrected chi connectivity index (χ2v) is 5.11. The van der Waals surface area contributed by atoms with Gasteiger partial charge < -0.3 is 10.6 Å². The standard InChI is InChI=1S/C16H17N3O/c1-11-2-3-14-12(8-11)9-18-10-15(14)16(20)19-13-4-6-17-7-5-13/h2-8,15,18H,9-10H2,1H3,(H,17,19,20). The summed E-state index contributed by atoms with van der Waals surface area (Å²) in [6.07, 6.45) is 3.35. The molecule has 4 heteroatoms. The lowest BCUT2D eigenvalue weighted by atomic mass is 9.89. The van der Waals surface area contributed by atoms with E-state index in [-0.39, 0.29) is 11.8 Å². The summed E-state index contributed by atoms with van der Waals surface area (Å²) in [6, 6.07) is 9.88. The summed E-state index contributed by atoms with van der Waals surface area (Å²) < 4.78 is 0. The number of aryl methyl sites for hydroxylation is 1. The molecule has 0 saturated heterocycles. The molecule has 2 heterocycles. The van der Waals surface area contributed by atoms with Gasteiger partial charge in [0.2, 0.25) is 5.91 Å². The second kappa shape index (κ2) is 5.43. The fourth-order valence-electron chi connectivity index (χ4n) is 2.59. The van der Waals surface area contributed by atoms with Crippen LogP contribution < -0.4 is 10.6 Å². The quantitative estimate of drug-likeness (QED) is 0.877. The molecule has 0 aliphatic carbocycles. The molecule has 1 aliphatic rings. The molecule has 0 spiro atoms. The first kappa shape index (κ1) is 12.8. The number of nitrogens with zero attached hydrogens (tertiary/aromatic N) is 1. The predicted molar refractivity (Wildman–Crippen MR) is 78.5 cm³/mol. The smallest absolute Gasteiger partial charge is 0.233 e. The average Bonchev–Trinajstić information content (AvgIpc) is 2.47. The van der Waals surface area contributed by atoms with Crippen LogP contribution in [0.3, 0.4) is 0 Å². The Morgan fingerprint density at radius 3 is 2.90 bits per heavy atom. The van der Waals surface area contributed by atoms with Crippen molar-refractivity contribution >= 4 is 11.6 Å². The van der Waals surface area contributed by atoms with E-state index in [9.17, 15) is 4.79 Å². The van der Waals surface area contributed by atoms with E-state index in [1.807, 2.05) is 0 Å². The molecule has 1 aromatic carbocycles. The lowest BCUT2D eigenvalue weighted by Gasteiger charge is -2.26. The number of carbonyl (C=O) groups excluding carboxylic acids is 1. The summed E-state index contributed by atoms with van der Waals surface area (Å²) in [6.45, 7) is 3.57. The molecule has 2 aromatic rings. The Labute approximate surface area is 118 Å². The Kier molecular flexibility index (Phi) is 3.48. The highest BCUT2D eigenvalue weighted by molar-refractivity contribution is 5.96. The maximum atomic E-state index is 12.4. The van der Waals surface area contributed by atoms with Gasteiger partial charge in [-0.15, -0.1) is 0 Å². The molecule has 1 aromatic heterocycles. The van der Waals surface area contributed by atoms with E-state index in [2.05, 4.69) is 40.7 Å². The number of benzene rings is 1. The predicted octanol–water partition coefficient (Wildman–Crippen LogP) is 2.22. The first-order valence-electron chi connectivity index (χ1n) is 6.75. The van der Waals surface area contributed by atoms with Crippen molar-refractivity contribution in [2.24, 2.45) is 0 Å². The average molecular weight is 267 g/mol. The monoisotopic (exact) mass is 267 g/mol. The summed E-state index contributed by atoms with van der Waals surface area (Å²) in [5, 5.41) is 6.26. The number of carbonyl (C=O) groups is 1. The van der Waals surface area contributed by atoms with Gasteiger partial charge >= 0.3 is 0 Å². The van der Waals surface area contributed by atoms with Gasteiger partial charge in [-0.25, -0.2) is 0 Å². The molecular formula is C16H17N3O. The van der Waals surface area contributed by atoms with E-state index >= 15 is 0 Å². The maximum absolute atomic E-state index is 12.4. The Bertz CT molecular complexity index is 625. The largest absolute Gasteiger partial charge is 0.325 e. The van der Waals surface area contributed by atoms with Gasteiger partial charge in [0.05, 0.1) is 5.92 Å². The first-order valence-corrected chi connectivity index (χ1v) is 6.75. The van der Waals surface area contributed by atoms with E-state index in [1.54, 1.807) is 24.5 Å². The van der Waals surface area contributed by atoms with Crippen LogP contribution in [0, 0.1) is 6.92 Å². The van der Waals surface area contributed by atoms with Crippen molar-refractivity contribution in [1.29, 1.82) is 0 Å². The van der Waals surface area contributed by atoms with Gasteiger partial charge in [0.25, 0.3) is 0 Å². The molecule has 0 radical (unpaired) electrons. The third-order valence-corrected chi connectivity index (χ3v) is 3.60. The fraction of sp³-hybridized carbons (Fsp3) is 0.250. The Morgan fingerprint density at radius 2 is 2.10 bits per heavy atom. The van der Waals surface area contributed by atoms with E-state index < -0.39 is 0 Å². The summed E-state index contributed by atoms with van der Waals surface area (Å²) in [4.78, 5) is 16.4. The lowest BCUT2D eigenvalue weighted by molar-refractivity contribution is -0.117. The van der Waals surface area contributed by atoms with E-state index in [0.717, 1.165) is 17.8 Å². The van der Waals surface area contributed by atoms with E-state index in [0.29, 0.717) is 6.54 Å². The normalized spacial score (nSPS) is 17.4. The Morgan fingerprint density at radius 1 is 1.30 bits per heavy atom. The number of hydrogen-bond acceptors (Lipinski definition) is 3. The van der Waals surface area contributed by atoms with Crippen LogP contribution in [0.4, 0.5) is 5.69 Å². The highest BCUT2D eigenvalue weighted by Crippen LogP contribution is 2.26. The van der Waals surface area contributed by atoms with Crippen LogP contribution in [-0.4, -0.2) is 17.4 Å². The summed E-state index contributed by atoms with van der Waals surface area (Å²) in [5.41, 5.74) is 4.34. The molecule has 1 aliphatic heterocycles. The van der Waals surface area contributed by atoms with Gasteiger partial charge in [0, 0.05) is 31.2 Å². The van der Waals surface area contributed by atoms with Crippen LogP contribution in [0.15, 0.2) is 42.7 Å². The molecular weight excluding hydrogens is 250 g/mol. The summed E-state index contributed by atoms with van der Waals surface area (Å²) >= 11 is 0. The molecule has 20 heavy (non-hydrogen) atoms. The minimum Gasteiger partial charge on any atom is -0.325 e. The van der Waals surface area contributed by atoms with Crippen LogP contribution >= 0.6 is 0 Å². The topological polar surface area (TPSA) is 54.0 Å². The molecule has 1 amide bonds. The number of amides is 1. The molecule has 1 atom stereocenters. The number of anilines is 1. The second-order valence-electron chi connectivity index (χ2n) is 5.11. The highest BCUT2D eigenvalue weighted by atomic mass is 16.1. The lowest BCUT2D eigenvalue weighted by Crippen LogP contribution is -2.35. The van der Waals surface area contributed by atoms with Crippen LogP contribution in [0.1, 0.15) is 22.6 Å². The van der Waals surface area contributed by atoms with Gasteiger partial charge in [0.15, 0.2) is 0 Å². The number of pyridine rings is 1. The van der Waals surface area contributed by atoms with Crippen molar-refractivity contribution in [1.82, 2.24) is 10.3 Å². The molecule has 1 unspecified atom stereocenters. The van der Waals surface area contributed by atoms with Gasteiger partial charge in [-0.2, -0.15) is 0 Å². The van der Waals surface area contributed by atoms with Crippen molar-refractivity contribution in [3.8, 4) is 0 Å². The zero-order valence-electron chi connectivity index (χ0n) is 11.4. The summed E-state index contributed by atoms with van der Waals surface area (Å²) in [5.74, 6) is -0.124. The highest BCUT2D eigenvalue weighted by Gasteiger charge is 2.26. The maximum Gasteiger partial charge on any atom is 0.233 e. The molecule has 2 N–H and O–H groups in total. The van der Waals surface area contributed by atoms with Gasteiger partial charge in [0.1, 0.15) is 0 Å². The molecule has 0 bridgehead atoms. The number of aromatic nitrogens is 1. The van der Waals surface area contributed by atoms with Crippen molar-refractivity contribution < 1.29 is 4.79 Å². The van der Waals surface area contributed by atoms with Crippen molar-refractivity contribution in [3.63, 3.8) is 0 Å². The van der Waals surface area contributed by atoms with E-state index in [1.165, 1.54) is 11.1 Å². The zero-order valence-corrected chi connectivity index (χ0v) is 11.4. The van der Waals surface area contributed by atoms with Crippen LogP contribution in [0.5, 0.6) is 0 Å². The Balaban J connectivity index is 1.83. The first-order chi connectivity index (χ1) is 9.74. The third-order valence-electron chi connectivity index (χ3n) is 3.60. The molecule has 0 fully saturated rings. The minimum absolute atomic E-state index is 0.0218. The molecule has 4 nitrogen and oxygen atoms in total. The molecule has 102 valence electrons. The molecule has 0 saturated carbocycles. The van der Waals surface area contributed by atoms with Crippen LogP contribution in [0.25, 0.3) is 0 Å². The SMILES string of the molecule is Cc1ccc2c(c1)CNCC2C(=O)Nc1ccncc1. The van der Waals surface area contributed by atoms with Crippen molar-refractivity contribution in [3.05, 3.63) is 59.4 Å². The number of nitrogens with one attached hydrogen (secondary N) is 2. The van der Waals surface area contributed by atoms with Gasteiger partial charge in [-0.05, 0) is 30.2 Å². The Hall–Kier alpha value is -2.20. The molecule has 3 rings (SSSR count). The number of rotatable bonds is 2. The number of fused-ring (bicyclic) bond motifs is 1. The van der Waals surface area contributed by atoms with Crippen LogP contribution in [0.2, 0.25) is 0 Å². The van der Waals surface area contributed by atoms with Gasteiger partial charge in [-0.1, -0.05) is 23.8 Å².